The number of amides is 2. The third kappa shape index (κ3) is 4.55. The zero-order chi connectivity index (χ0) is 17.0. The Morgan fingerprint density at radius 3 is 2.78 bits per heavy atom. The molecule has 5 nitrogen and oxygen atoms in total. The van der Waals surface area contributed by atoms with Gasteiger partial charge in [0.05, 0.1) is 5.92 Å². The number of hydrogen-bond acceptors (Lipinski definition) is 3. The van der Waals surface area contributed by atoms with Gasteiger partial charge in [0.15, 0.2) is 0 Å². The third-order valence-corrected chi connectivity index (χ3v) is 4.48. The molecule has 1 fully saturated rings. The van der Waals surface area contributed by atoms with Crippen LogP contribution in [0.1, 0.15) is 24.0 Å². The molecule has 1 atom stereocenters. The molecule has 23 heavy (non-hydrogen) atoms. The van der Waals surface area contributed by atoms with Gasteiger partial charge in [0, 0.05) is 25.2 Å². The molecule has 0 radical (unpaired) electrons. The normalized spacial score (nSPS) is 17.9. The predicted molar refractivity (Wildman–Crippen MR) is 92.4 cm³/mol. The molecule has 1 N–H and O–H groups in total. The van der Waals surface area contributed by atoms with E-state index >= 15 is 0 Å². The highest BCUT2D eigenvalue weighted by Crippen LogP contribution is 2.23. The van der Waals surface area contributed by atoms with Crippen molar-refractivity contribution in [2.75, 3.05) is 39.0 Å². The standard InChI is InChI=1S/C18H27N3O2/c1-13-7-5-8-16(14(13)2)19-18(23)15-11-17(22)21(12-15)10-6-9-20(3)4/h5,7-8,15H,6,9-12H2,1-4H3,(H,19,23). The van der Waals surface area contributed by atoms with Crippen LogP contribution in [0, 0.1) is 19.8 Å². The summed E-state index contributed by atoms with van der Waals surface area (Å²) in [4.78, 5) is 28.4. The van der Waals surface area contributed by atoms with E-state index in [-0.39, 0.29) is 17.7 Å². The largest absolute Gasteiger partial charge is 0.342 e. The number of carbonyl (C=O) groups excluding carboxylic acids is 2. The molecule has 0 aliphatic carbocycles. The molecular weight excluding hydrogens is 290 g/mol. The first kappa shape index (κ1) is 17.5. The second-order valence-electron chi connectivity index (χ2n) is 6.63. The van der Waals surface area contributed by atoms with Gasteiger partial charge >= 0.3 is 0 Å². The zero-order valence-corrected chi connectivity index (χ0v) is 14.6. The van der Waals surface area contributed by atoms with Gasteiger partial charge in [-0.25, -0.2) is 0 Å². The first-order valence-corrected chi connectivity index (χ1v) is 8.18. The van der Waals surface area contributed by atoms with Crippen LogP contribution in [0.3, 0.4) is 0 Å². The monoisotopic (exact) mass is 317 g/mol. The fraction of sp³-hybridized carbons (Fsp3) is 0.556. The van der Waals surface area contributed by atoms with Crippen molar-refractivity contribution in [2.45, 2.75) is 26.7 Å². The van der Waals surface area contributed by atoms with Crippen molar-refractivity contribution in [1.29, 1.82) is 0 Å². The van der Waals surface area contributed by atoms with Gasteiger partial charge in [0.25, 0.3) is 0 Å². The molecule has 1 aromatic carbocycles. The van der Waals surface area contributed by atoms with Gasteiger partial charge in [-0.15, -0.1) is 0 Å². The maximum absolute atomic E-state index is 12.5. The van der Waals surface area contributed by atoms with Crippen LogP contribution in [0.4, 0.5) is 5.69 Å². The Morgan fingerprint density at radius 1 is 1.35 bits per heavy atom. The smallest absolute Gasteiger partial charge is 0.229 e. The summed E-state index contributed by atoms with van der Waals surface area (Å²) in [5.74, 6) is -0.214. The van der Waals surface area contributed by atoms with Gasteiger partial charge in [-0.2, -0.15) is 0 Å². The highest BCUT2D eigenvalue weighted by Gasteiger charge is 2.34. The molecule has 1 saturated heterocycles. The van der Waals surface area contributed by atoms with E-state index in [1.165, 1.54) is 0 Å². The summed E-state index contributed by atoms with van der Waals surface area (Å²) in [5, 5.41) is 2.98. The number of rotatable bonds is 6. The number of nitrogens with zero attached hydrogens (tertiary/aromatic N) is 2. The quantitative estimate of drug-likeness (QED) is 0.873. The lowest BCUT2D eigenvalue weighted by Crippen LogP contribution is -2.30. The lowest BCUT2D eigenvalue weighted by atomic mass is 10.1. The number of carbonyl (C=O) groups is 2. The molecule has 0 aromatic heterocycles. The van der Waals surface area contributed by atoms with Crippen LogP contribution < -0.4 is 5.32 Å². The Labute approximate surface area is 138 Å². The number of likely N-dealkylation sites (tertiary alicyclic amines) is 1. The molecule has 5 heteroatoms. The number of benzene rings is 1. The number of hydrogen-bond donors (Lipinski definition) is 1. The van der Waals surface area contributed by atoms with Crippen LogP contribution >= 0.6 is 0 Å². The van der Waals surface area contributed by atoms with Crippen LogP contribution in [-0.4, -0.2) is 55.3 Å². The van der Waals surface area contributed by atoms with Crippen LogP contribution in [-0.2, 0) is 9.59 Å². The first-order chi connectivity index (χ1) is 10.9. The average molecular weight is 317 g/mol. The molecule has 1 aromatic rings. The average Bonchev–Trinajstić information content (AvgIpc) is 2.85. The van der Waals surface area contributed by atoms with Gasteiger partial charge in [-0.1, -0.05) is 12.1 Å². The summed E-state index contributed by atoms with van der Waals surface area (Å²) in [6.07, 6.45) is 1.25. The van der Waals surface area contributed by atoms with Gasteiger partial charge in [-0.05, 0) is 58.1 Å². The fourth-order valence-corrected chi connectivity index (χ4v) is 2.86. The molecule has 1 unspecified atom stereocenters. The maximum atomic E-state index is 12.5. The summed E-state index contributed by atoms with van der Waals surface area (Å²) in [6, 6.07) is 5.87. The summed E-state index contributed by atoms with van der Waals surface area (Å²) >= 11 is 0. The second-order valence-corrected chi connectivity index (χ2v) is 6.63. The number of nitrogens with one attached hydrogen (secondary N) is 1. The highest BCUT2D eigenvalue weighted by atomic mass is 16.2. The molecule has 1 heterocycles. The fourth-order valence-electron chi connectivity index (χ4n) is 2.86. The topological polar surface area (TPSA) is 52.7 Å². The lowest BCUT2D eigenvalue weighted by Gasteiger charge is -2.18. The van der Waals surface area contributed by atoms with Crippen molar-refractivity contribution >= 4 is 17.5 Å². The molecule has 2 rings (SSSR count). The van der Waals surface area contributed by atoms with Gasteiger partial charge < -0.3 is 15.1 Å². The second kappa shape index (κ2) is 7.59. The summed E-state index contributed by atoms with van der Waals surface area (Å²) in [5.41, 5.74) is 3.07. The lowest BCUT2D eigenvalue weighted by molar-refractivity contribution is -0.128. The molecule has 1 aliphatic rings. The third-order valence-electron chi connectivity index (χ3n) is 4.48. The minimum atomic E-state index is -0.248. The summed E-state index contributed by atoms with van der Waals surface area (Å²) in [7, 11) is 4.04. The van der Waals surface area contributed by atoms with E-state index in [2.05, 4.69) is 10.2 Å². The van der Waals surface area contributed by atoms with Gasteiger partial charge in [0.1, 0.15) is 0 Å². The Hall–Kier alpha value is -1.88. The van der Waals surface area contributed by atoms with Crippen molar-refractivity contribution < 1.29 is 9.59 Å². The zero-order valence-electron chi connectivity index (χ0n) is 14.6. The van der Waals surface area contributed by atoms with E-state index in [9.17, 15) is 9.59 Å². The van der Waals surface area contributed by atoms with Crippen molar-refractivity contribution in [3.63, 3.8) is 0 Å². The van der Waals surface area contributed by atoms with E-state index in [1.54, 1.807) is 0 Å². The first-order valence-electron chi connectivity index (χ1n) is 8.18. The Morgan fingerprint density at radius 2 is 2.09 bits per heavy atom. The van der Waals surface area contributed by atoms with Gasteiger partial charge in [0.2, 0.25) is 11.8 Å². The Bertz CT molecular complexity index is 584. The van der Waals surface area contributed by atoms with Gasteiger partial charge in [-0.3, -0.25) is 9.59 Å². The van der Waals surface area contributed by atoms with Crippen LogP contribution in [0.25, 0.3) is 0 Å². The predicted octanol–water partition coefficient (Wildman–Crippen LogP) is 2.04. The van der Waals surface area contributed by atoms with Crippen molar-refractivity contribution in [3.8, 4) is 0 Å². The molecular formula is C18H27N3O2. The Kier molecular flexibility index (Phi) is 5.77. The molecule has 0 bridgehead atoms. The molecule has 1 aliphatic heterocycles. The molecule has 0 saturated carbocycles. The molecule has 0 spiro atoms. The van der Waals surface area contributed by atoms with Crippen molar-refractivity contribution in [2.24, 2.45) is 5.92 Å². The molecule has 2 amide bonds. The summed E-state index contributed by atoms with van der Waals surface area (Å²) in [6.45, 7) is 6.23. The molecule has 126 valence electrons. The van der Waals surface area contributed by atoms with Crippen molar-refractivity contribution in [3.05, 3.63) is 29.3 Å². The van der Waals surface area contributed by atoms with E-state index in [1.807, 2.05) is 51.0 Å². The number of aryl methyl sites for hydroxylation is 1. The van der Waals surface area contributed by atoms with E-state index in [4.69, 9.17) is 0 Å². The van der Waals surface area contributed by atoms with E-state index < -0.39 is 0 Å². The van der Waals surface area contributed by atoms with E-state index in [0.717, 1.165) is 36.3 Å². The van der Waals surface area contributed by atoms with Crippen LogP contribution in [0.15, 0.2) is 18.2 Å². The van der Waals surface area contributed by atoms with Crippen LogP contribution in [0.2, 0.25) is 0 Å². The van der Waals surface area contributed by atoms with Crippen LogP contribution in [0.5, 0.6) is 0 Å². The summed E-state index contributed by atoms with van der Waals surface area (Å²) < 4.78 is 0. The number of anilines is 1. The van der Waals surface area contributed by atoms with E-state index in [0.29, 0.717) is 13.0 Å². The minimum absolute atomic E-state index is 0.0536. The minimum Gasteiger partial charge on any atom is -0.342 e. The van der Waals surface area contributed by atoms with Crippen molar-refractivity contribution in [1.82, 2.24) is 9.80 Å². The Balaban J connectivity index is 1.91. The SMILES string of the molecule is Cc1cccc(NC(=O)C2CC(=O)N(CCCN(C)C)C2)c1C. The maximum Gasteiger partial charge on any atom is 0.229 e. The highest BCUT2D eigenvalue weighted by molar-refractivity contribution is 5.97.